The van der Waals surface area contributed by atoms with Gasteiger partial charge in [-0.05, 0) is 39.7 Å². The van der Waals surface area contributed by atoms with Crippen molar-refractivity contribution >= 4 is 5.91 Å². The third kappa shape index (κ3) is 6.80. The lowest BCUT2D eigenvalue weighted by Crippen LogP contribution is -2.46. The number of carbonyl (C=O) groups is 1. The van der Waals surface area contributed by atoms with Crippen LogP contribution in [0.1, 0.15) is 40.5 Å². The Balaban J connectivity index is 3.85. The van der Waals surface area contributed by atoms with Crippen LogP contribution in [0.5, 0.6) is 0 Å². The Morgan fingerprint density at radius 2 is 1.94 bits per heavy atom. The molecule has 1 amide bonds. The van der Waals surface area contributed by atoms with Gasteiger partial charge in [0.2, 0.25) is 5.91 Å². The summed E-state index contributed by atoms with van der Waals surface area (Å²) in [6, 6.07) is 0.00584. The molecule has 0 aromatic rings. The highest BCUT2D eigenvalue weighted by atomic mass is 16.3. The van der Waals surface area contributed by atoms with Crippen molar-refractivity contribution in [3.8, 4) is 0 Å². The fraction of sp³-hybridized carbons (Fsp3) is 0.917. The molecule has 3 N–H and O–H groups in total. The summed E-state index contributed by atoms with van der Waals surface area (Å²) in [5, 5.41) is 14.9. The predicted octanol–water partition coefficient (Wildman–Crippen LogP) is 0.898. The maximum absolute atomic E-state index is 11.6. The van der Waals surface area contributed by atoms with Gasteiger partial charge in [0.05, 0.1) is 6.04 Å². The molecule has 96 valence electrons. The fourth-order valence-electron chi connectivity index (χ4n) is 1.48. The van der Waals surface area contributed by atoms with Gasteiger partial charge in [-0.1, -0.05) is 13.3 Å². The standard InChI is InChI=1S/C12H26N2O2/c1-5-11(6-7-15)8-13-10(4)12(16)14-9(2)3/h9-11,13,15H,5-8H2,1-4H3,(H,14,16). The second-order valence-electron chi connectivity index (χ2n) is 4.58. The summed E-state index contributed by atoms with van der Waals surface area (Å²) in [5.41, 5.74) is 0. The van der Waals surface area contributed by atoms with Crippen molar-refractivity contribution in [2.24, 2.45) is 5.92 Å². The third-order valence-electron chi connectivity index (χ3n) is 2.65. The van der Waals surface area contributed by atoms with Gasteiger partial charge in [-0.2, -0.15) is 0 Å². The zero-order valence-corrected chi connectivity index (χ0v) is 10.9. The van der Waals surface area contributed by atoms with E-state index in [2.05, 4.69) is 17.6 Å². The second-order valence-corrected chi connectivity index (χ2v) is 4.58. The fourth-order valence-corrected chi connectivity index (χ4v) is 1.48. The van der Waals surface area contributed by atoms with E-state index < -0.39 is 0 Å². The van der Waals surface area contributed by atoms with E-state index in [-0.39, 0.29) is 24.6 Å². The molecule has 0 aliphatic carbocycles. The molecule has 16 heavy (non-hydrogen) atoms. The molecule has 0 saturated heterocycles. The molecular formula is C12H26N2O2. The van der Waals surface area contributed by atoms with Crippen LogP contribution < -0.4 is 10.6 Å². The minimum absolute atomic E-state index is 0.0360. The summed E-state index contributed by atoms with van der Waals surface area (Å²) in [4.78, 5) is 11.6. The monoisotopic (exact) mass is 230 g/mol. The second kappa shape index (κ2) is 8.53. The lowest BCUT2D eigenvalue weighted by Gasteiger charge is -2.19. The first-order chi connectivity index (χ1) is 7.51. The smallest absolute Gasteiger partial charge is 0.237 e. The molecule has 4 nitrogen and oxygen atoms in total. The molecule has 0 aromatic carbocycles. The van der Waals surface area contributed by atoms with E-state index in [4.69, 9.17) is 5.11 Å². The molecule has 0 aromatic heterocycles. The van der Waals surface area contributed by atoms with Crippen LogP contribution in [0.2, 0.25) is 0 Å². The topological polar surface area (TPSA) is 61.4 Å². The Labute approximate surface area is 98.8 Å². The summed E-state index contributed by atoms with van der Waals surface area (Å²) in [5.74, 6) is 0.480. The van der Waals surface area contributed by atoms with E-state index in [1.807, 2.05) is 20.8 Å². The summed E-state index contributed by atoms with van der Waals surface area (Å²) >= 11 is 0. The minimum atomic E-state index is -0.171. The number of aliphatic hydroxyl groups is 1. The van der Waals surface area contributed by atoms with E-state index >= 15 is 0 Å². The van der Waals surface area contributed by atoms with Gasteiger partial charge in [0.25, 0.3) is 0 Å². The Bertz CT molecular complexity index is 195. The molecule has 0 aliphatic heterocycles. The maximum Gasteiger partial charge on any atom is 0.237 e. The van der Waals surface area contributed by atoms with Gasteiger partial charge in [-0.15, -0.1) is 0 Å². The summed E-state index contributed by atoms with van der Waals surface area (Å²) in [6.07, 6.45) is 1.81. The number of hydrogen-bond donors (Lipinski definition) is 3. The number of carbonyl (C=O) groups excluding carboxylic acids is 1. The van der Waals surface area contributed by atoms with Crippen LogP contribution >= 0.6 is 0 Å². The Hall–Kier alpha value is -0.610. The van der Waals surface area contributed by atoms with Crippen molar-refractivity contribution in [1.29, 1.82) is 0 Å². The number of aliphatic hydroxyl groups excluding tert-OH is 1. The zero-order chi connectivity index (χ0) is 12.6. The summed E-state index contributed by atoms with van der Waals surface area (Å²) in [7, 11) is 0. The van der Waals surface area contributed by atoms with Crippen LogP contribution in [0.4, 0.5) is 0 Å². The predicted molar refractivity (Wildman–Crippen MR) is 66.2 cm³/mol. The van der Waals surface area contributed by atoms with Crippen LogP contribution in [-0.2, 0) is 4.79 Å². The highest BCUT2D eigenvalue weighted by Crippen LogP contribution is 2.05. The first kappa shape index (κ1) is 15.4. The largest absolute Gasteiger partial charge is 0.396 e. The van der Waals surface area contributed by atoms with Crippen molar-refractivity contribution in [1.82, 2.24) is 10.6 Å². The molecule has 0 radical (unpaired) electrons. The highest BCUT2D eigenvalue weighted by Gasteiger charge is 2.14. The molecule has 4 heteroatoms. The molecule has 0 aliphatic rings. The first-order valence-electron chi connectivity index (χ1n) is 6.15. The SMILES string of the molecule is CCC(CCO)CNC(C)C(=O)NC(C)C. The highest BCUT2D eigenvalue weighted by molar-refractivity contribution is 5.81. The van der Waals surface area contributed by atoms with Crippen LogP contribution in [-0.4, -0.2) is 36.2 Å². The van der Waals surface area contributed by atoms with Gasteiger partial charge in [0.1, 0.15) is 0 Å². The van der Waals surface area contributed by atoms with E-state index in [9.17, 15) is 4.79 Å². The molecule has 2 atom stereocenters. The van der Waals surface area contributed by atoms with Gasteiger partial charge < -0.3 is 15.7 Å². The van der Waals surface area contributed by atoms with Crippen molar-refractivity contribution in [3.05, 3.63) is 0 Å². The Morgan fingerprint density at radius 1 is 1.31 bits per heavy atom. The van der Waals surface area contributed by atoms with Crippen molar-refractivity contribution in [2.75, 3.05) is 13.2 Å². The Morgan fingerprint density at radius 3 is 2.38 bits per heavy atom. The van der Waals surface area contributed by atoms with E-state index in [0.717, 1.165) is 19.4 Å². The number of amides is 1. The number of nitrogens with one attached hydrogen (secondary N) is 2. The van der Waals surface area contributed by atoms with Gasteiger partial charge >= 0.3 is 0 Å². The molecule has 0 spiro atoms. The quantitative estimate of drug-likeness (QED) is 0.580. The maximum atomic E-state index is 11.6. The molecule has 0 bridgehead atoms. The number of hydrogen-bond acceptors (Lipinski definition) is 3. The molecule has 0 saturated carbocycles. The Kier molecular flexibility index (Phi) is 8.21. The third-order valence-corrected chi connectivity index (χ3v) is 2.65. The van der Waals surface area contributed by atoms with Gasteiger partial charge in [-0.3, -0.25) is 4.79 Å². The van der Waals surface area contributed by atoms with Crippen molar-refractivity contribution < 1.29 is 9.90 Å². The first-order valence-corrected chi connectivity index (χ1v) is 6.15. The van der Waals surface area contributed by atoms with Gasteiger partial charge in [0.15, 0.2) is 0 Å². The van der Waals surface area contributed by atoms with E-state index in [1.54, 1.807) is 0 Å². The minimum Gasteiger partial charge on any atom is -0.396 e. The molecule has 0 rings (SSSR count). The van der Waals surface area contributed by atoms with Crippen molar-refractivity contribution in [3.63, 3.8) is 0 Å². The van der Waals surface area contributed by atoms with Gasteiger partial charge in [0, 0.05) is 12.6 Å². The van der Waals surface area contributed by atoms with Crippen LogP contribution in [0, 0.1) is 5.92 Å². The summed E-state index contributed by atoms with van der Waals surface area (Å²) < 4.78 is 0. The summed E-state index contributed by atoms with van der Waals surface area (Å²) in [6.45, 7) is 8.86. The molecule has 2 unspecified atom stereocenters. The average Bonchev–Trinajstić information content (AvgIpc) is 2.22. The number of rotatable bonds is 8. The zero-order valence-electron chi connectivity index (χ0n) is 10.9. The lowest BCUT2D eigenvalue weighted by atomic mass is 10.0. The normalized spacial score (nSPS) is 14.9. The molecule has 0 fully saturated rings. The van der Waals surface area contributed by atoms with E-state index in [1.165, 1.54) is 0 Å². The van der Waals surface area contributed by atoms with E-state index in [0.29, 0.717) is 5.92 Å². The van der Waals surface area contributed by atoms with Crippen LogP contribution in [0.15, 0.2) is 0 Å². The lowest BCUT2D eigenvalue weighted by molar-refractivity contribution is -0.123. The van der Waals surface area contributed by atoms with Crippen LogP contribution in [0.25, 0.3) is 0 Å². The van der Waals surface area contributed by atoms with Crippen LogP contribution in [0.3, 0.4) is 0 Å². The molecular weight excluding hydrogens is 204 g/mol. The average molecular weight is 230 g/mol. The van der Waals surface area contributed by atoms with Crippen molar-refractivity contribution in [2.45, 2.75) is 52.6 Å². The van der Waals surface area contributed by atoms with Gasteiger partial charge in [-0.25, -0.2) is 0 Å². The molecule has 0 heterocycles.